The summed E-state index contributed by atoms with van der Waals surface area (Å²) in [5.41, 5.74) is 15.7. The Kier molecular flexibility index (Phi) is 8.40. The minimum absolute atomic E-state index is 0.985. The molecule has 276 valence electrons. The predicted molar refractivity (Wildman–Crippen MR) is 249 cm³/mol. The van der Waals surface area contributed by atoms with Crippen LogP contribution in [0.5, 0.6) is 0 Å². The van der Waals surface area contributed by atoms with Crippen molar-refractivity contribution in [3.63, 3.8) is 0 Å². The molecule has 0 fully saturated rings. The highest BCUT2D eigenvalue weighted by atomic mass is 15.2. The van der Waals surface area contributed by atoms with Crippen LogP contribution in [0.15, 0.2) is 205 Å². The Morgan fingerprint density at radius 1 is 0.466 bits per heavy atom. The predicted octanol–water partition coefficient (Wildman–Crippen LogP) is 15.7. The maximum atomic E-state index is 2.56. The van der Waals surface area contributed by atoms with Crippen molar-refractivity contribution < 1.29 is 0 Å². The molecule has 0 atom stereocenters. The lowest BCUT2D eigenvalue weighted by Gasteiger charge is -2.38. The van der Waals surface area contributed by atoms with Crippen LogP contribution in [0.2, 0.25) is 0 Å². The second-order valence-corrected chi connectivity index (χ2v) is 15.8. The summed E-state index contributed by atoms with van der Waals surface area (Å²) in [6.07, 6.45) is 10.9. The minimum atomic E-state index is 0.985. The van der Waals surface area contributed by atoms with Crippen LogP contribution in [0.4, 0.5) is 5.69 Å². The van der Waals surface area contributed by atoms with Gasteiger partial charge in [0.05, 0.1) is 5.70 Å². The number of fused-ring (bicyclic) bond motifs is 5. The molecule has 0 saturated heterocycles. The fourth-order valence-corrected chi connectivity index (χ4v) is 9.66. The average Bonchev–Trinajstić information content (AvgIpc) is 3.30. The van der Waals surface area contributed by atoms with Crippen LogP contribution in [0.25, 0.3) is 82.2 Å². The monoisotopic (exact) mass is 741 g/mol. The third-order valence-corrected chi connectivity index (χ3v) is 12.5. The van der Waals surface area contributed by atoms with Gasteiger partial charge in [-0.1, -0.05) is 171 Å². The molecular weight excluding hydrogens is 699 g/mol. The molecule has 2 aliphatic rings. The van der Waals surface area contributed by atoms with Gasteiger partial charge in [0.2, 0.25) is 0 Å². The first-order chi connectivity index (χ1) is 28.7. The number of allylic oxidation sites excluding steroid dienone is 5. The number of hydrogen-bond acceptors (Lipinski definition) is 1. The van der Waals surface area contributed by atoms with Gasteiger partial charge in [0, 0.05) is 11.4 Å². The molecule has 1 aliphatic heterocycles. The van der Waals surface area contributed by atoms with Crippen LogP contribution < -0.4 is 4.90 Å². The first-order valence-corrected chi connectivity index (χ1v) is 20.8. The van der Waals surface area contributed by atoms with Gasteiger partial charge in [0.15, 0.2) is 0 Å². The van der Waals surface area contributed by atoms with Gasteiger partial charge >= 0.3 is 0 Å². The van der Waals surface area contributed by atoms with Gasteiger partial charge in [-0.25, -0.2) is 0 Å². The summed E-state index contributed by atoms with van der Waals surface area (Å²) in [5, 5.41) is 10.1. The topological polar surface area (TPSA) is 3.24 Å². The summed E-state index contributed by atoms with van der Waals surface area (Å²) < 4.78 is 0. The highest BCUT2D eigenvalue weighted by Gasteiger charge is 2.28. The molecule has 58 heavy (non-hydrogen) atoms. The van der Waals surface area contributed by atoms with E-state index >= 15 is 0 Å². The van der Waals surface area contributed by atoms with Crippen molar-refractivity contribution in [1.29, 1.82) is 0 Å². The number of anilines is 1. The van der Waals surface area contributed by atoms with Gasteiger partial charge in [0.25, 0.3) is 0 Å². The summed E-state index contributed by atoms with van der Waals surface area (Å²) in [6.45, 7) is 2.31. The second kappa shape index (κ2) is 14.2. The Hall–Kier alpha value is -6.96. The van der Waals surface area contributed by atoms with Gasteiger partial charge in [-0.15, -0.1) is 0 Å². The maximum Gasteiger partial charge on any atom is 0.0526 e. The Bertz CT molecular complexity index is 3170. The summed E-state index contributed by atoms with van der Waals surface area (Å²) in [5.74, 6) is 0. The minimum Gasteiger partial charge on any atom is -0.313 e. The van der Waals surface area contributed by atoms with E-state index < -0.39 is 0 Å². The zero-order valence-corrected chi connectivity index (χ0v) is 32.8. The van der Waals surface area contributed by atoms with Crippen LogP contribution >= 0.6 is 0 Å². The molecule has 9 aromatic carbocycles. The van der Waals surface area contributed by atoms with E-state index in [2.05, 4.69) is 206 Å². The van der Waals surface area contributed by atoms with E-state index in [1.54, 1.807) is 0 Å². The van der Waals surface area contributed by atoms with Crippen molar-refractivity contribution in [1.82, 2.24) is 0 Å². The lowest BCUT2D eigenvalue weighted by molar-refractivity contribution is 0.886. The quantitative estimate of drug-likeness (QED) is 0.153. The SMILES string of the molecule is CCC1=C(c2ccc(-c3ccc4c(-c5ccc6ccccc6c5)c5ccccc5c(-c5ccc6ccccc6c5)c4c3)cc2)N(C2=CC=CCC2)c2ccccc2C1. The van der Waals surface area contributed by atoms with Gasteiger partial charge in [-0.2, -0.15) is 0 Å². The first-order valence-electron chi connectivity index (χ1n) is 20.8. The van der Waals surface area contributed by atoms with E-state index in [4.69, 9.17) is 0 Å². The van der Waals surface area contributed by atoms with E-state index in [9.17, 15) is 0 Å². The van der Waals surface area contributed by atoms with Crippen LogP contribution in [0, 0.1) is 0 Å². The summed E-state index contributed by atoms with van der Waals surface area (Å²) in [6, 6.07) is 65.8. The molecule has 1 heterocycles. The Balaban J connectivity index is 1.10. The van der Waals surface area contributed by atoms with E-state index in [1.165, 1.54) is 110 Å². The number of para-hydroxylation sites is 1. The molecule has 0 N–H and O–H groups in total. The lowest BCUT2D eigenvalue weighted by Crippen LogP contribution is -2.27. The molecule has 0 bridgehead atoms. The standard InChI is InChI=1S/C57H43N/c1-2-38-34-46-18-10-13-23-54(46)58(49-19-4-3-5-20-49)57(38)42-28-24-41(25-29-42)45-32-33-52-53(37-45)56(48-31-27-40-15-7-9-17-44(40)36-48)51-22-12-11-21-50(51)55(52)47-30-26-39-14-6-8-16-43(39)35-47/h3-4,6-19,21-33,35-37H,2,5,20,34H2,1H3. The summed E-state index contributed by atoms with van der Waals surface area (Å²) in [7, 11) is 0. The van der Waals surface area contributed by atoms with E-state index in [-0.39, 0.29) is 0 Å². The molecule has 0 amide bonds. The fourth-order valence-electron chi connectivity index (χ4n) is 9.66. The smallest absolute Gasteiger partial charge is 0.0526 e. The average molecular weight is 742 g/mol. The number of benzene rings is 9. The normalized spacial score (nSPS) is 14.1. The highest BCUT2D eigenvalue weighted by Crippen LogP contribution is 2.47. The zero-order chi connectivity index (χ0) is 38.6. The second-order valence-electron chi connectivity index (χ2n) is 15.8. The van der Waals surface area contributed by atoms with Crippen LogP contribution in [-0.4, -0.2) is 0 Å². The van der Waals surface area contributed by atoms with E-state index in [0.717, 1.165) is 25.7 Å². The van der Waals surface area contributed by atoms with E-state index in [1.807, 2.05) is 0 Å². The summed E-state index contributed by atoms with van der Waals surface area (Å²) in [4.78, 5) is 2.56. The van der Waals surface area contributed by atoms with Gasteiger partial charge < -0.3 is 4.90 Å². The van der Waals surface area contributed by atoms with Gasteiger partial charge in [0.1, 0.15) is 0 Å². The third kappa shape index (κ3) is 5.77. The molecule has 0 aromatic heterocycles. The summed E-state index contributed by atoms with van der Waals surface area (Å²) >= 11 is 0. The molecule has 0 radical (unpaired) electrons. The molecule has 1 heteroatoms. The van der Waals surface area contributed by atoms with Crippen molar-refractivity contribution in [3.8, 4) is 33.4 Å². The maximum absolute atomic E-state index is 2.56. The Morgan fingerprint density at radius 2 is 1.02 bits per heavy atom. The number of rotatable bonds is 6. The zero-order valence-electron chi connectivity index (χ0n) is 32.8. The molecule has 1 nitrogen and oxygen atoms in total. The fraction of sp³-hybridized carbons (Fsp3) is 0.0877. The van der Waals surface area contributed by atoms with Crippen LogP contribution in [-0.2, 0) is 6.42 Å². The van der Waals surface area contributed by atoms with Crippen LogP contribution in [0.1, 0.15) is 37.3 Å². The first kappa shape index (κ1) is 34.3. The molecule has 1 aliphatic carbocycles. The van der Waals surface area contributed by atoms with Crippen molar-refractivity contribution in [3.05, 3.63) is 217 Å². The number of nitrogens with zero attached hydrogens (tertiary/aromatic N) is 1. The molecular formula is C57H43N. The largest absolute Gasteiger partial charge is 0.313 e. The third-order valence-electron chi connectivity index (χ3n) is 12.5. The van der Waals surface area contributed by atoms with Crippen molar-refractivity contribution in [2.24, 2.45) is 0 Å². The molecule has 11 rings (SSSR count). The number of hydrogen-bond donors (Lipinski definition) is 0. The highest BCUT2D eigenvalue weighted by molar-refractivity contribution is 6.22. The Morgan fingerprint density at radius 3 is 1.67 bits per heavy atom. The van der Waals surface area contributed by atoms with Crippen molar-refractivity contribution in [2.45, 2.75) is 32.6 Å². The van der Waals surface area contributed by atoms with Crippen LogP contribution in [0.3, 0.4) is 0 Å². The molecule has 9 aromatic rings. The van der Waals surface area contributed by atoms with Crippen molar-refractivity contribution in [2.75, 3.05) is 4.90 Å². The van der Waals surface area contributed by atoms with Gasteiger partial charge in [-0.05, 0) is 149 Å². The van der Waals surface area contributed by atoms with Crippen molar-refractivity contribution >= 4 is 54.5 Å². The van der Waals surface area contributed by atoms with E-state index in [0.29, 0.717) is 0 Å². The molecule has 0 spiro atoms. The van der Waals surface area contributed by atoms with Gasteiger partial charge in [-0.3, -0.25) is 0 Å². The molecule has 0 unspecified atom stereocenters. The Labute approximate surface area is 340 Å². The lowest BCUT2D eigenvalue weighted by atomic mass is 9.84. The molecule has 0 saturated carbocycles.